The summed E-state index contributed by atoms with van der Waals surface area (Å²) in [4.78, 5) is 16.5. The van der Waals surface area contributed by atoms with E-state index in [0.29, 0.717) is 5.56 Å². The van der Waals surface area contributed by atoms with Crippen molar-refractivity contribution in [2.24, 2.45) is 5.73 Å². The molecular formula is C22H26N4O3S. The van der Waals surface area contributed by atoms with Gasteiger partial charge in [-0.25, -0.2) is 13.1 Å². The van der Waals surface area contributed by atoms with E-state index in [-0.39, 0.29) is 6.54 Å². The van der Waals surface area contributed by atoms with Crippen molar-refractivity contribution in [2.45, 2.75) is 13.0 Å². The van der Waals surface area contributed by atoms with Crippen molar-refractivity contribution in [3.05, 3.63) is 76.3 Å². The topological polar surface area (TPSA) is 108 Å². The second-order valence-corrected chi connectivity index (χ2v) is 9.05. The van der Waals surface area contributed by atoms with E-state index in [1.165, 1.54) is 5.56 Å². The van der Waals surface area contributed by atoms with E-state index in [4.69, 9.17) is 5.73 Å². The Balaban J connectivity index is 1.68. The van der Waals surface area contributed by atoms with Gasteiger partial charge in [0, 0.05) is 41.2 Å². The SMILES string of the molecule is CN(C)CCc1c[nH]c2ccc(/C=C/S(=O)(=O)NCc3ccc(C(N)=O)cc3)cc12. The Hall–Kier alpha value is -2.94. The number of nitrogens with zero attached hydrogens (tertiary/aromatic N) is 1. The van der Waals surface area contributed by atoms with Gasteiger partial charge in [-0.3, -0.25) is 4.79 Å². The van der Waals surface area contributed by atoms with Crippen molar-refractivity contribution in [1.82, 2.24) is 14.6 Å². The molecule has 4 N–H and O–H groups in total. The number of aromatic amines is 1. The van der Waals surface area contributed by atoms with Gasteiger partial charge in [0.25, 0.3) is 0 Å². The third kappa shape index (κ3) is 5.79. The first-order valence-corrected chi connectivity index (χ1v) is 11.1. The smallest absolute Gasteiger partial charge is 0.248 e. The number of nitrogens with two attached hydrogens (primary N) is 1. The molecule has 8 heteroatoms. The number of amides is 1. The molecule has 3 rings (SSSR count). The zero-order chi connectivity index (χ0) is 21.7. The number of hydrogen-bond donors (Lipinski definition) is 3. The number of hydrogen-bond acceptors (Lipinski definition) is 4. The third-order valence-corrected chi connectivity index (χ3v) is 5.82. The number of primary amides is 1. The highest BCUT2D eigenvalue weighted by Gasteiger charge is 2.08. The number of rotatable bonds is 9. The molecule has 0 aliphatic heterocycles. The van der Waals surface area contributed by atoms with Gasteiger partial charge in [0.1, 0.15) is 0 Å². The van der Waals surface area contributed by atoms with Crippen LogP contribution in [0, 0.1) is 0 Å². The van der Waals surface area contributed by atoms with Crippen LogP contribution in [0.1, 0.15) is 27.0 Å². The highest BCUT2D eigenvalue weighted by Crippen LogP contribution is 2.21. The third-order valence-electron chi connectivity index (χ3n) is 4.78. The number of nitrogens with one attached hydrogen (secondary N) is 2. The number of H-pyrrole nitrogens is 1. The Morgan fingerprint density at radius 3 is 2.57 bits per heavy atom. The van der Waals surface area contributed by atoms with E-state index in [1.54, 1.807) is 30.3 Å². The Bertz CT molecular complexity index is 1160. The first-order chi connectivity index (χ1) is 14.2. The zero-order valence-electron chi connectivity index (χ0n) is 17.1. The van der Waals surface area contributed by atoms with Crippen LogP contribution in [0.4, 0.5) is 0 Å². The normalized spacial score (nSPS) is 12.2. The highest BCUT2D eigenvalue weighted by molar-refractivity contribution is 7.92. The summed E-state index contributed by atoms with van der Waals surface area (Å²) in [5, 5.41) is 2.26. The summed E-state index contributed by atoms with van der Waals surface area (Å²) in [5.41, 5.74) is 9.36. The minimum absolute atomic E-state index is 0.122. The minimum atomic E-state index is -3.61. The van der Waals surface area contributed by atoms with Crippen molar-refractivity contribution in [3.8, 4) is 0 Å². The Kier molecular flexibility index (Phi) is 6.71. The molecule has 7 nitrogen and oxygen atoms in total. The Morgan fingerprint density at radius 1 is 1.17 bits per heavy atom. The fourth-order valence-electron chi connectivity index (χ4n) is 3.04. The molecule has 3 aromatic rings. The average Bonchev–Trinajstić information content (AvgIpc) is 3.12. The van der Waals surface area contributed by atoms with Gasteiger partial charge in [0.15, 0.2) is 0 Å². The van der Waals surface area contributed by atoms with Crippen LogP contribution in [-0.4, -0.2) is 44.8 Å². The molecule has 0 fully saturated rings. The standard InChI is InChI=1S/C22H26N4O3S/c1-26(2)11-9-19-15-24-21-8-5-16(13-20(19)21)10-12-30(28,29)25-14-17-3-6-18(7-4-17)22(23)27/h3-8,10,12-13,15,24-25H,9,11,14H2,1-2H3,(H2,23,27)/b12-10+. The lowest BCUT2D eigenvalue weighted by molar-refractivity contribution is 0.1000. The first-order valence-electron chi connectivity index (χ1n) is 9.55. The molecule has 0 bridgehead atoms. The van der Waals surface area contributed by atoms with Crippen molar-refractivity contribution >= 4 is 32.9 Å². The number of likely N-dealkylation sites (N-methyl/N-ethyl adjacent to an activating group) is 1. The zero-order valence-corrected chi connectivity index (χ0v) is 17.9. The van der Waals surface area contributed by atoms with Gasteiger partial charge in [-0.05, 0) is 67.5 Å². The van der Waals surface area contributed by atoms with Gasteiger partial charge in [0.05, 0.1) is 0 Å². The number of carbonyl (C=O) groups excluding carboxylic acids is 1. The van der Waals surface area contributed by atoms with Gasteiger partial charge in [-0.15, -0.1) is 0 Å². The lowest BCUT2D eigenvalue weighted by atomic mass is 10.1. The summed E-state index contributed by atoms with van der Waals surface area (Å²) in [7, 11) is 0.457. The molecule has 2 aromatic carbocycles. The van der Waals surface area contributed by atoms with Crippen molar-refractivity contribution in [3.63, 3.8) is 0 Å². The van der Waals surface area contributed by atoms with Crippen LogP contribution in [0.25, 0.3) is 17.0 Å². The Labute approximate surface area is 176 Å². The molecule has 0 saturated heterocycles. The minimum Gasteiger partial charge on any atom is -0.366 e. The Morgan fingerprint density at radius 2 is 1.90 bits per heavy atom. The summed E-state index contributed by atoms with van der Waals surface area (Å²) in [6.45, 7) is 1.06. The molecular weight excluding hydrogens is 400 g/mol. The van der Waals surface area contributed by atoms with Crippen LogP contribution in [-0.2, 0) is 23.0 Å². The van der Waals surface area contributed by atoms with Gasteiger partial charge >= 0.3 is 0 Å². The maximum absolute atomic E-state index is 12.3. The number of aromatic nitrogens is 1. The molecule has 0 unspecified atom stereocenters. The highest BCUT2D eigenvalue weighted by atomic mass is 32.2. The summed E-state index contributed by atoms with van der Waals surface area (Å²) in [5.74, 6) is -0.519. The maximum atomic E-state index is 12.3. The van der Waals surface area contributed by atoms with E-state index < -0.39 is 15.9 Å². The number of carbonyl (C=O) groups is 1. The molecule has 0 atom stereocenters. The van der Waals surface area contributed by atoms with Crippen LogP contribution in [0.5, 0.6) is 0 Å². The lowest BCUT2D eigenvalue weighted by Gasteiger charge is -2.08. The largest absolute Gasteiger partial charge is 0.366 e. The average molecular weight is 427 g/mol. The quantitative estimate of drug-likeness (QED) is 0.488. The monoisotopic (exact) mass is 426 g/mol. The van der Waals surface area contributed by atoms with Crippen LogP contribution >= 0.6 is 0 Å². The molecule has 0 saturated carbocycles. The van der Waals surface area contributed by atoms with Crippen LogP contribution in [0.2, 0.25) is 0 Å². The van der Waals surface area contributed by atoms with Crippen LogP contribution in [0.15, 0.2) is 54.1 Å². The molecule has 0 radical (unpaired) electrons. The van der Waals surface area contributed by atoms with E-state index >= 15 is 0 Å². The van der Waals surface area contributed by atoms with Crippen LogP contribution in [0.3, 0.4) is 0 Å². The fourth-order valence-corrected chi connectivity index (χ4v) is 3.84. The number of fused-ring (bicyclic) bond motifs is 1. The molecule has 1 heterocycles. The van der Waals surface area contributed by atoms with E-state index in [2.05, 4.69) is 14.6 Å². The predicted molar refractivity (Wildman–Crippen MR) is 120 cm³/mol. The molecule has 1 amide bonds. The molecule has 0 spiro atoms. The molecule has 158 valence electrons. The van der Waals surface area contributed by atoms with E-state index in [9.17, 15) is 13.2 Å². The predicted octanol–water partition coefficient (Wildman–Crippen LogP) is 2.46. The fraction of sp³-hybridized carbons (Fsp3) is 0.227. The summed E-state index contributed by atoms with van der Waals surface area (Å²) < 4.78 is 27.2. The van der Waals surface area contributed by atoms with Gasteiger partial charge in [0.2, 0.25) is 15.9 Å². The van der Waals surface area contributed by atoms with Crippen molar-refractivity contribution in [2.75, 3.05) is 20.6 Å². The molecule has 0 aliphatic rings. The maximum Gasteiger partial charge on any atom is 0.248 e. The number of benzene rings is 2. The van der Waals surface area contributed by atoms with Crippen molar-refractivity contribution in [1.29, 1.82) is 0 Å². The van der Waals surface area contributed by atoms with Gasteiger partial charge in [-0.2, -0.15) is 0 Å². The van der Waals surface area contributed by atoms with Gasteiger partial charge in [-0.1, -0.05) is 18.2 Å². The van der Waals surface area contributed by atoms with Crippen molar-refractivity contribution < 1.29 is 13.2 Å². The second-order valence-electron chi connectivity index (χ2n) is 7.40. The van der Waals surface area contributed by atoms with E-state index in [0.717, 1.165) is 40.4 Å². The number of sulfonamides is 1. The van der Waals surface area contributed by atoms with E-state index in [1.807, 2.05) is 38.5 Å². The van der Waals surface area contributed by atoms with Crippen LogP contribution < -0.4 is 10.5 Å². The second kappa shape index (κ2) is 9.25. The molecule has 1 aromatic heterocycles. The lowest BCUT2D eigenvalue weighted by Crippen LogP contribution is -2.20. The molecule has 0 aliphatic carbocycles. The summed E-state index contributed by atoms with van der Waals surface area (Å²) in [6.07, 6.45) is 4.50. The first kappa shape index (κ1) is 21.8. The summed E-state index contributed by atoms with van der Waals surface area (Å²) in [6, 6.07) is 12.3. The molecule has 30 heavy (non-hydrogen) atoms. The summed E-state index contributed by atoms with van der Waals surface area (Å²) >= 11 is 0. The van der Waals surface area contributed by atoms with Gasteiger partial charge < -0.3 is 15.6 Å².